The molecule has 11 heteroatoms. The molecule has 30 heavy (non-hydrogen) atoms. The summed E-state index contributed by atoms with van der Waals surface area (Å²) in [6, 6.07) is 1.15. The van der Waals surface area contributed by atoms with Crippen molar-refractivity contribution >= 4 is 39.9 Å². The first-order valence-electron chi connectivity index (χ1n) is 9.68. The highest BCUT2D eigenvalue weighted by Gasteiger charge is 2.35. The van der Waals surface area contributed by atoms with Crippen molar-refractivity contribution in [1.82, 2.24) is 19.3 Å². The molecule has 7 nitrogen and oxygen atoms in total. The van der Waals surface area contributed by atoms with Gasteiger partial charge in [0.05, 0.1) is 6.04 Å². The molecule has 1 fully saturated rings. The number of halogens is 3. The van der Waals surface area contributed by atoms with E-state index < -0.39 is 33.6 Å². The molecule has 0 saturated carbocycles. The molecule has 0 aromatic carbocycles. The Morgan fingerprint density at radius 1 is 1.27 bits per heavy atom. The highest BCUT2D eigenvalue weighted by molar-refractivity contribution is 7.90. The van der Waals surface area contributed by atoms with Crippen LogP contribution in [0.15, 0.2) is 10.9 Å². The number of nitrogens with zero attached hydrogens (tertiary/aromatic N) is 4. The Morgan fingerprint density at radius 2 is 1.87 bits per heavy atom. The summed E-state index contributed by atoms with van der Waals surface area (Å²) in [6.07, 6.45) is -0.593. The normalized spacial score (nSPS) is 19.2. The predicted octanol–water partition coefficient (Wildman–Crippen LogP) is 3.33. The van der Waals surface area contributed by atoms with E-state index in [1.54, 1.807) is 17.9 Å². The monoisotopic (exact) mass is 461 g/mol. The van der Waals surface area contributed by atoms with Gasteiger partial charge in [-0.3, -0.25) is 9.36 Å². The molecule has 1 N–H and O–H groups in total. The van der Waals surface area contributed by atoms with Gasteiger partial charge in [0, 0.05) is 49.9 Å². The van der Waals surface area contributed by atoms with Crippen LogP contribution in [0.4, 0.5) is 14.7 Å². The number of hydrogen-bond donors (Lipinski definition) is 1. The largest absolute Gasteiger partial charge is 0.598 e. The van der Waals surface area contributed by atoms with Gasteiger partial charge in [-0.2, -0.15) is 0 Å². The van der Waals surface area contributed by atoms with Crippen LogP contribution in [-0.2, 0) is 18.4 Å². The lowest BCUT2D eigenvalue weighted by Crippen LogP contribution is -2.42. The van der Waals surface area contributed by atoms with Crippen LogP contribution in [0, 0.1) is 0 Å². The van der Waals surface area contributed by atoms with E-state index in [-0.39, 0.29) is 36.6 Å². The molecular weight excluding hydrogens is 436 g/mol. The van der Waals surface area contributed by atoms with Crippen LogP contribution in [0.5, 0.6) is 0 Å². The third-order valence-corrected chi connectivity index (χ3v) is 6.97. The first-order chi connectivity index (χ1) is 13.8. The summed E-state index contributed by atoms with van der Waals surface area (Å²) in [7, 11) is 1.54. The fourth-order valence-corrected chi connectivity index (χ4v) is 4.27. The Labute approximate surface area is 182 Å². The second-order valence-electron chi connectivity index (χ2n) is 8.57. The van der Waals surface area contributed by atoms with E-state index in [1.165, 1.54) is 11.6 Å². The lowest BCUT2D eigenvalue weighted by atomic mass is 10.1. The van der Waals surface area contributed by atoms with Gasteiger partial charge in [0.1, 0.15) is 15.4 Å². The molecule has 0 radical (unpaired) electrons. The van der Waals surface area contributed by atoms with Crippen molar-refractivity contribution in [1.29, 1.82) is 0 Å². The highest BCUT2D eigenvalue weighted by atomic mass is 35.5. The maximum absolute atomic E-state index is 13.6. The van der Waals surface area contributed by atoms with Crippen LogP contribution in [0.1, 0.15) is 52.1 Å². The first kappa shape index (κ1) is 23.2. The number of anilines is 1. The van der Waals surface area contributed by atoms with Crippen LogP contribution in [0.3, 0.4) is 0 Å². The highest BCUT2D eigenvalue weighted by Crippen LogP contribution is 2.31. The van der Waals surface area contributed by atoms with Crippen LogP contribution >= 0.6 is 11.6 Å². The standard InChI is InChI=1S/C19H26ClF2N5O2S/c1-11(25-30(29)18(2,3)4)12-10-13(20)23-15-14(12)24-17(26(5)16(15)28)27-8-6-19(21,22)7-9-27/h10-11,25H,6-9H2,1-5H3/t11-,30?/m1/s1. The van der Waals surface area contributed by atoms with Gasteiger partial charge in [-0.1, -0.05) is 11.6 Å². The zero-order valence-corrected chi connectivity index (χ0v) is 19.2. The Kier molecular flexibility index (Phi) is 6.35. The van der Waals surface area contributed by atoms with Crippen molar-refractivity contribution in [3.63, 3.8) is 0 Å². The number of alkyl halides is 2. The fourth-order valence-electron chi connectivity index (χ4n) is 3.26. The molecule has 0 amide bonds. The van der Waals surface area contributed by atoms with E-state index in [9.17, 15) is 18.1 Å². The average molecular weight is 462 g/mol. The lowest BCUT2D eigenvalue weighted by Gasteiger charge is -2.33. The van der Waals surface area contributed by atoms with E-state index in [0.29, 0.717) is 17.0 Å². The van der Waals surface area contributed by atoms with Crippen LogP contribution < -0.4 is 15.2 Å². The van der Waals surface area contributed by atoms with Crippen molar-refractivity contribution in [2.24, 2.45) is 7.05 Å². The van der Waals surface area contributed by atoms with Gasteiger partial charge in [-0.05, 0) is 33.8 Å². The molecule has 2 aromatic heterocycles. The van der Waals surface area contributed by atoms with Crippen molar-refractivity contribution in [2.75, 3.05) is 18.0 Å². The Balaban J connectivity index is 2.08. The maximum atomic E-state index is 13.6. The minimum absolute atomic E-state index is 0.0845. The minimum Gasteiger partial charge on any atom is -0.598 e. The number of hydrogen-bond acceptors (Lipinski definition) is 6. The van der Waals surface area contributed by atoms with Crippen molar-refractivity contribution in [2.45, 2.75) is 57.2 Å². The topological polar surface area (TPSA) is 86.1 Å². The molecule has 1 saturated heterocycles. The molecular formula is C19H26ClF2N5O2S. The van der Waals surface area contributed by atoms with Gasteiger partial charge >= 0.3 is 0 Å². The quantitative estimate of drug-likeness (QED) is 0.555. The number of pyridine rings is 1. The Hall–Kier alpha value is -1.49. The van der Waals surface area contributed by atoms with E-state index in [2.05, 4.69) is 14.7 Å². The van der Waals surface area contributed by atoms with Crippen molar-refractivity contribution < 1.29 is 13.3 Å². The molecule has 0 aliphatic carbocycles. The minimum atomic E-state index is -2.71. The molecule has 3 heterocycles. The van der Waals surface area contributed by atoms with Gasteiger partial charge in [-0.25, -0.2) is 18.7 Å². The van der Waals surface area contributed by atoms with E-state index >= 15 is 0 Å². The van der Waals surface area contributed by atoms with E-state index in [4.69, 9.17) is 11.6 Å². The third kappa shape index (κ3) is 4.71. The molecule has 3 rings (SSSR count). The summed E-state index contributed by atoms with van der Waals surface area (Å²) >= 11 is 4.79. The van der Waals surface area contributed by atoms with Gasteiger partial charge in [0.15, 0.2) is 5.52 Å². The number of piperidine rings is 1. The number of rotatable bonds is 4. The Morgan fingerprint density at radius 3 is 2.43 bits per heavy atom. The summed E-state index contributed by atoms with van der Waals surface area (Å²) in [5, 5.41) is 0.122. The summed E-state index contributed by atoms with van der Waals surface area (Å²) < 4.78 is 43.6. The third-order valence-electron chi connectivity index (χ3n) is 5.09. The second kappa shape index (κ2) is 8.22. The summed E-state index contributed by atoms with van der Waals surface area (Å²) in [4.78, 5) is 23.4. The van der Waals surface area contributed by atoms with Gasteiger partial charge in [-0.15, -0.1) is 4.72 Å². The number of nitrogens with one attached hydrogen (secondary N) is 1. The van der Waals surface area contributed by atoms with Crippen molar-refractivity contribution in [3.8, 4) is 0 Å². The zero-order chi connectivity index (χ0) is 22.4. The van der Waals surface area contributed by atoms with Crippen LogP contribution in [0.2, 0.25) is 5.15 Å². The summed E-state index contributed by atoms with van der Waals surface area (Å²) in [6.45, 7) is 7.53. The molecule has 0 spiro atoms. The molecule has 1 aliphatic rings. The fraction of sp³-hybridized carbons (Fsp3) is 0.632. The SMILES string of the molecule is C[C@@H](N[S+]([O-])C(C)(C)C)c1cc(Cl)nc2c(=O)n(C)c(N3CCC(F)(F)CC3)nc12. The zero-order valence-electron chi connectivity index (χ0n) is 17.6. The van der Waals surface area contributed by atoms with Crippen molar-refractivity contribution in [3.05, 3.63) is 27.1 Å². The van der Waals surface area contributed by atoms with Gasteiger partial charge in [0.2, 0.25) is 5.95 Å². The molecule has 2 atom stereocenters. The number of aromatic nitrogens is 3. The van der Waals surface area contributed by atoms with Gasteiger partial charge in [0.25, 0.3) is 11.5 Å². The molecule has 2 aromatic rings. The second-order valence-corrected chi connectivity index (χ2v) is 11.0. The Bertz CT molecular complexity index is 1000. The smallest absolute Gasteiger partial charge is 0.281 e. The molecule has 0 bridgehead atoms. The van der Waals surface area contributed by atoms with E-state index in [0.717, 1.165) is 0 Å². The van der Waals surface area contributed by atoms with Crippen LogP contribution in [-0.4, -0.2) is 42.8 Å². The van der Waals surface area contributed by atoms with E-state index in [1.807, 2.05) is 20.8 Å². The predicted molar refractivity (Wildman–Crippen MR) is 116 cm³/mol. The molecule has 1 unspecified atom stereocenters. The van der Waals surface area contributed by atoms with Crippen LogP contribution in [0.25, 0.3) is 11.0 Å². The summed E-state index contributed by atoms with van der Waals surface area (Å²) in [5.41, 5.74) is 0.561. The average Bonchev–Trinajstić information content (AvgIpc) is 2.64. The maximum Gasteiger partial charge on any atom is 0.281 e. The summed E-state index contributed by atoms with van der Waals surface area (Å²) in [5.74, 6) is -2.40. The molecule has 166 valence electrons. The lowest BCUT2D eigenvalue weighted by molar-refractivity contribution is -0.0223. The van der Waals surface area contributed by atoms with Gasteiger partial charge < -0.3 is 9.45 Å². The number of fused-ring (bicyclic) bond motifs is 1. The molecule has 1 aliphatic heterocycles. The first-order valence-corrected chi connectivity index (χ1v) is 11.2.